The van der Waals surface area contributed by atoms with Gasteiger partial charge in [-0.3, -0.25) is 4.79 Å². The third-order valence-electron chi connectivity index (χ3n) is 2.70. The number of halogens is 1. The van der Waals surface area contributed by atoms with Crippen LogP contribution in [0.4, 0.5) is 5.69 Å². The second-order valence-electron chi connectivity index (χ2n) is 5.30. The van der Waals surface area contributed by atoms with Gasteiger partial charge < -0.3 is 16.2 Å². The molecule has 104 valence electrons. The molecular weight excluding hydrogens is 268 g/mol. The first kappa shape index (κ1) is 15.5. The summed E-state index contributed by atoms with van der Waals surface area (Å²) >= 11 is 5.81. The molecule has 0 saturated heterocycles. The van der Waals surface area contributed by atoms with Gasteiger partial charge in [0.1, 0.15) is 5.56 Å². The molecule has 1 unspecified atom stereocenters. The molecule has 0 saturated carbocycles. The third-order valence-corrected chi connectivity index (χ3v) is 3.02. The lowest BCUT2D eigenvalue weighted by Gasteiger charge is -2.26. The van der Waals surface area contributed by atoms with Gasteiger partial charge in [-0.1, -0.05) is 38.4 Å². The predicted molar refractivity (Wildman–Crippen MR) is 74.5 cm³/mol. The highest BCUT2D eigenvalue weighted by Gasteiger charge is 2.28. The van der Waals surface area contributed by atoms with Gasteiger partial charge in [0.05, 0.1) is 16.8 Å². The Bertz CT molecular complexity index is 509. The molecule has 5 nitrogen and oxygen atoms in total. The topological polar surface area (TPSA) is 92.4 Å². The zero-order valence-electron chi connectivity index (χ0n) is 11.0. The summed E-state index contributed by atoms with van der Waals surface area (Å²) in [6.45, 7) is 5.48. The fraction of sp³-hybridized carbons (Fsp3) is 0.385. The summed E-state index contributed by atoms with van der Waals surface area (Å²) in [5, 5.41) is 11.7. The Balaban J connectivity index is 3.04. The zero-order valence-corrected chi connectivity index (χ0v) is 11.8. The Labute approximate surface area is 116 Å². The van der Waals surface area contributed by atoms with E-state index in [4.69, 9.17) is 22.4 Å². The van der Waals surface area contributed by atoms with Gasteiger partial charge >= 0.3 is 5.97 Å². The van der Waals surface area contributed by atoms with Crippen LogP contribution in [-0.4, -0.2) is 23.0 Å². The Morgan fingerprint density at radius 1 is 1.37 bits per heavy atom. The quantitative estimate of drug-likeness (QED) is 0.794. The number of nitrogens with two attached hydrogens (primary N) is 1. The van der Waals surface area contributed by atoms with Gasteiger partial charge in [-0.25, -0.2) is 4.79 Å². The molecule has 1 rings (SSSR count). The van der Waals surface area contributed by atoms with Crippen molar-refractivity contribution < 1.29 is 14.7 Å². The first-order chi connectivity index (χ1) is 8.64. The molecule has 0 aliphatic heterocycles. The van der Waals surface area contributed by atoms with Crippen LogP contribution in [0.3, 0.4) is 0 Å². The molecule has 0 radical (unpaired) electrons. The lowest BCUT2D eigenvalue weighted by Crippen LogP contribution is -2.45. The molecular formula is C13H17ClN2O3. The number of aromatic carboxylic acids is 1. The van der Waals surface area contributed by atoms with Crippen molar-refractivity contribution in [3.63, 3.8) is 0 Å². The van der Waals surface area contributed by atoms with Gasteiger partial charge in [-0.2, -0.15) is 0 Å². The normalized spacial score (nSPS) is 12.9. The molecule has 0 aliphatic rings. The summed E-state index contributed by atoms with van der Waals surface area (Å²) in [4.78, 5) is 23.1. The minimum Gasteiger partial charge on any atom is -0.478 e. The van der Waals surface area contributed by atoms with Crippen molar-refractivity contribution in [3.05, 3.63) is 28.8 Å². The van der Waals surface area contributed by atoms with Gasteiger partial charge in [0, 0.05) is 0 Å². The number of amides is 1. The van der Waals surface area contributed by atoms with Crippen LogP contribution in [0.2, 0.25) is 5.02 Å². The third kappa shape index (κ3) is 3.68. The van der Waals surface area contributed by atoms with Crippen molar-refractivity contribution in [1.82, 2.24) is 0 Å². The van der Waals surface area contributed by atoms with E-state index < -0.39 is 23.3 Å². The molecule has 0 heterocycles. The second kappa shape index (κ2) is 5.59. The lowest BCUT2D eigenvalue weighted by atomic mass is 9.87. The lowest BCUT2D eigenvalue weighted by molar-refractivity contribution is -0.119. The summed E-state index contributed by atoms with van der Waals surface area (Å²) in [5.74, 6) is -1.65. The van der Waals surface area contributed by atoms with Crippen molar-refractivity contribution in [1.29, 1.82) is 0 Å². The van der Waals surface area contributed by atoms with Crippen molar-refractivity contribution >= 4 is 29.2 Å². The summed E-state index contributed by atoms with van der Waals surface area (Å²) in [6, 6.07) is 3.73. The average molecular weight is 285 g/mol. The molecule has 1 aromatic carbocycles. The molecule has 1 aromatic rings. The second-order valence-corrected chi connectivity index (χ2v) is 5.71. The molecule has 1 amide bonds. The molecule has 0 fully saturated rings. The Hall–Kier alpha value is -1.59. The fourth-order valence-electron chi connectivity index (χ4n) is 1.45. The van der Waals surface area contributed by atoms with Gasteiger partial charge in [0.2, 0.25) is 5.91 Å². The van der Waals surface area contributed by atoms with E-state index in [1.54, 1.807) is 6.07 Å². The summed E-state index contributed by atoms with van der Waals surface area (Å²) in [5.41, 5.74) is 5.39. The minimum atomic E-state index is -1.20. The smallest absolute Gasteiger partial charge is 0.339 e. The highest BCUT2D eigenvalue weighted by molar-refractivity contribution is 6.34. The maximum Gasteiger partial charge on any atom is 0.339 e. The summed E-state index contributed by atoms with van der Waals surface area (Å²) in [6.07, 6.45) is 0. The summed E-state index contributed by atoms with van der Waals surface area (Å²) < 4.78 is 0. The number of benzene rings is 1. The number of anilines is 1. The molecule has 1 atom stereocenters. The van der Waals surface area contributed by atoms with Crippen molar-refractivity contribution in [3.8, 4) is 0 Å². The Kier molecular flexibility index (Phi) is 4.55. The van der Waals surface area contributed by atoms with Crippen molar-refractivity contribution in [2.24, 2.45) is 11.1 Å². The van der Waals surface area contributed by atoms with Crippen LogP contribution < -0.4 is 11.1 Å². The number of carbonyl (C=O) groups is 2. The van der Waals surface area contributed by atoms with E-state index in [1.807, 2.05) is 20.8 Å². The molecule has 0 spiro atoms. The molecule has 0 aliphatic carbocycles. The number of carboxylic acids is 1. The molecule has 6 heteroatoms. The molecule has 4 N–H and O–H groups in total. The van der Waals surface area contributed by atoms with E-state index in [2.05, 4.69) is 5.32 Å². The van der Waals surface area contributed by atoms with Gasteiger partial charge in [0.15, 0.2) is 0 Å². The number of hydrogen-bond donors (Lipinski definition) is 3. The van der Waals surface area contributed by atoms with Crippen LogP contribution in [0.15, 0.2) is 18.2 Å². The molecule has 0 bridgehead atoms. The van der Waals surface area contributed by atoms with E-state index in [1.165, 1.54) is 12.1 Å². The van der Waals surface area contributed by atoms with Crippen LogP contribution in [-0.2, 0) is 4.79 Å². The SMILES string of the molecule is CC(C)(C)C(N)C(=O)Nc1cccc(Cl)c1C(=O)O. The van der Waals surface area contributed by atoms with E-state index in [9.17, 15) is 9.59 Å². The maximum absolute atomic E-state index is 12.0. The van der Waals surface area contributed by atoms with E-state index in [0.717, 1.165) is 0 Å². The number of hydrogen-bond acceptors (Lipinski definition) is 3. The van der Waals surface area contributed by atoms with Gasteiger partial charge in [0.25, 0.3) is 0 Å². The van der Waals surface area contributed by atoms with Gasteiger partial charge in [-0.05, 0) is 17.5 Å². The Morgan fingerprint density at radius 3 is 2.42 bits per heavy atom. The van der Waals surface area contributed by atoms with Crippen LogP contribution in [0.1, 0.15) is 31.1 Å². The Morgan fingerprint density at radius 2 is 1.95 bits per heavy atom. The van der Waals surface area contributed by atoms with Crippen LogP contribution in [0, 0.1) is 5.41 Å². The average Bonchev–Trinajstić information content (AvgIpc) is 2.26. The highest BCUT2D eigenvalue weighted by Crippen LogP contribution is 2.25. The van der Waals surface area contributed by atoms with E-state index in [0.29, 0.717) is 0 Å². The van der Waals surface area contributed by atoms with Crippen molar-refractivity contribution in [2.45, 2.75) is 26.8 Å². The van der Waals surface area contributed by atoms with Gasteiger partial charge in [-0.15, -0.1) is 0 Å². The van der Waals surface area contributed by atoms with Crippen LogP contribution in [0.5, 0.6) is 0 Å². The van der Waals surface area contributed by atoms with Crippen LogP contribution >= 0.6 is 11.6 Å². The number of carbonyl (C=O) groups excluding carboxylic acids is 1. The maximum atomic E-state index is 12.0. The number of rotatable bonds is 3. The number of carboxylic acid groups (broad SMARTS) is 1. The van der Waals surface area contributed by atoms with E-state index in [-0.39, 0.29) is 16.3 Å². The largest absolute Gasteiger partial charge is 0.478 e. The minimum absolute atomic E-state index is 0.0645. The molecule has 0 aromatic heterocycles. The summed E-state index contributed by atoms with van der Waals surface area (Å²) in [7, 11) is 0. The monoisotopic (exact) mass is 284 g/mol. The zero-order chi connectivity index (χ0) is 14.8. The van der Waals surface area contributed by atoms with Crippen LogP contribution in [0.25, 0.3) is 0 Å². The predicted octanol–water partition coefficient (Wildman–Crippen LogP) is 2.35. The van der Waals surface area contributed by atoms with E-state index >= 15 is 0 Å². The first-order valence-electron chi connectivity index (χ1n) is 5.73. The first-order valence-corrected chi connectivity index (χ1v) is 6.10. The number of nitrogens with one attached hydrogen (secondary N) is 1. The fourth-order valence-corrected chi connectivity index (χ4v) is 1.70. The standard InChI is InChI=1S/C13H17ClN2O3/c1-13(2,3)10(15)11(17)16-8-6-4-5-7(14)9(8)12(18)19/h4-6,10H,15H2,1-3H3,(H,16,17)(H,18,19). The highest BCUT2D eigenvalue weighted by atomic mass is 35.5. The van der Waals surface area contributed by atoms with Crippen molar-refractivity contribution in [2.75, 3.05) is 5.32 Å². The molecule has 19 heavy (non-hydrogen) atoms.